The molecule has 5 nitrogen and oxygen atoms in total. The van der Waals surface area contributed by atoms with Crippen LogP contribution < -0.4 is 15.0 Å². The number of hydrogen-bond acceptors (Lipinski definition) is 3. The molecule has 1 heterocycles. The molecular weight excluding hydrogens is 419 g/mol. The Labute approximate surface area is 193 Å². The quantitative estimate of drug-likeness (QED) is 0.560. The van der Waals surface area contributed by atoms with Gasteiger partial charge in [-0.3, -0.25) is 9.59 Å². The first-order chi connectivity index (χ1) is 15.6. The Hall–Kier alpha value is -3.67. The Morgan fingerprint density at radius 2 is 1.76 bits per heavy atom. The first-order valence-electron chi connectivity index (χ1n) is 10.9. The minimum atomic E-state index is -0.689. The molecular formula is C27H27FN2O3. The van der Waals surface area contributed by atoms with E-state index in [2.05, 4.69) is 26.1 Å². The van der Waals surface area contributed by atoms with Crippen LogP contribution in [-0.4, -0.2) is 17.9 Å². The van der Waals surface area contributed by atoms with Gasteiger partial charge in [0.25, 0.3) is 11.8 Å². The van der Waals surface area contributed by atoms with E-state index in [-0.39, 0.29) is 29.6 Å². The molecule has 1 N–H and O–H groups in total. The minimum absolute atomic E-state index is 0.00113. The van der Waals surface area contributed by atoms with Gasteiger partial charge in [0.15, 0.2) is 6.10 Å². The van der Waals surface area contributed by atoms with Gasteiger partial charge >= 0.3 is 0 Å². The summed E-state index contributed by atoms with van der Waals surface area (Å²) in [6, 6.07) is 19.0. The molecule has 3 aromatic rings. The summed E-state index contributed by atoms with van der Waals surface area (Å²) in [5.74, 6) is -0.403. The SMILES string of the molecule is CC1Oc2ccc(NC(=O)c3ccc(C(C)(C)C)cc3)cc2N(Cc2ccccc2F)C1=O. The molecule has 0 spiro atoms. The van der Waals surface area contributed by atoms with Crippen LogP contribution in [0.25, 0.3) is 0 Å². The van der Waals surface area contributed by atoms with Crippen molar-refractivity contribution in [1.29, 1.82) is 0 Å². The summed E-state index contributed by atoms with van der Waals surface area (Å²) >= 11 is 0. The highest BCUT2D eigenvalue weighted by Crippen LogP contribution is 2.37. The zero-order valence-corrected chi connectivity index (χ0v) is 19.2. The molecule has 0 bridgehead atoms. The van der Waals surface area contributed by atoms with Crippen LogP contribution in [0.15, 0.2) is 66.7 Å². The number of anilines is 2. The standard InChI is InChI=1S/C27H27FN2O3/c1-17-26(32)30(16-19-7-5-6-8-22(19)28)23-15-21(13-14-24(23)33-17)29-25(31)18-9-11-20(12-10-18)27(2,3)4/h5-15,17H,16H2,1-4H3,(H,29,31). The molecule has 33 heavy (non-hydrogen) atoms. The number of hydrogen-bond donors (Lipinski definition) is 1. The van der Waals surface area contributed by atoms with Gasteiger partial charge in [-0.25, -0.2) is 4.39 Å². The van der Waals surface area contributed by atoms with Crippen LogP contribution in [0.2, 0.25) is 0 Å². The van der Waals surface area contributed by atoms with Crippen molar-refractivity contribution < 1.29 is 18.7 Å². The molecule has 6 heteroatoms. The predicted molar refractivity (Wildman–Crippen MR) is 127 cm³/mol. The topological polar surface area (TPSA) is 58.6 Å². The lowest BCUT2D eigenvalue weighted by molar-refractivity contribution is -0.125. The van der Waals surface area contributed by atoms with Crippen molar-refractivity contribution in [2.75, 3.05) is 10.2 Å². The summed E-state index contributed by atoms with van der Waals surface area (Å²) < 4.78 is 20.0. The Morgan fingerprint density at radius 3 is 2.42 bits per heavy atom. The van der Waals surface area contributed by atoms with Crippen LogP contribution in [0.5, 0.6) is 5.75 Å². The van der Waals surface area contributed by atoms with Crippen molar-refractivity contribution in [1.82, 2.24) is 0 Å². The molecule has 3 aromatic carbocycles. The summed E-state index contributed by atoms with van der Waals surface area (Å²) in [5.41, 5.74) is 3.08. The number of amides is 2. The van der Waals surface area contributed by atoms with Crippen molar-refractivity contribution in [2.45, 2.75) is 45.8 Å². The fraction of sp³-hybridized carbons (Fsp3) is 0.259. The van der Waals surface area contributed by atoms with Gasteiger partial charge in [0.2, 0.25) is 0 Å². The fourth-order valence-electron chi connectivity index (χ4n) is 3.77. The number of ether oxygens (including phenoxy) is 1. The number of halogens is 1. The van der Waals surface area contributed by atoms with E-state index in [9.17, 15) is 14.0 Å². The van der Waals surface area contributed by atoms with E-state index < -0.39 is 6.10 Å². The molecule has 0 saturated carbocycles. The Kier molecular flexibility index (Phi) is 5.93. The van der Waals surface area contributed by atoms with Gasteiger partial charge in [0, 0.05) is 16.8 Å². The zero-order chi connectivity index (χ0) is 23.8. The summed E-state index contributed by atoms with van der Waals surface area (Å²) in [7, 11) is 0. The fourth-order valence-corrected chi connectivity index (χ4v) is 3.77. The first-order valence-corrected chi connectivity index (χ1v) is 10.9. The minimum Gasteiger partial charge on any atom is -0.479 e. The Balaban J connectivity index is 1.60. The van der Waals surface area contributed by atoms with Gasteiger partial charge in [-0.05, 0) is 54.3 Å². The second-order valence-electron chi connectivity index (χ2n) is 9.24. The van der Waals surface area contributed by atoms with E-state index >= 15 is 0 Å². The highest BCUT2D eigenvalue weighted by Gasteiger charge is 2.32. The molecule has 0 radical (unpaired) electrons. The summed E-state index contributed by atoms with van der Waals surface area (Å²) in [5, 5.41) is 2.88. The van der Waals surface area contributed by atoms with Crippen molar-refractivity contribution in [3.63, 3.8) is 0 Å². The van der Waals surface area contributed by atoms with Gasteiger partial charge < -0.3 is 15.0 Å². The van der Waals surface area contributed by atoms with Crippen molar-refractivity contribution in [3.8, 4) is 5.75 Å². The molecule has 0 aromatic heterocycles. The zero-order valence-electron chi connectivity index (χ0n) is 19.2. The molecule has 0 fully saturated rings. The average molecular weight is 447 g/mol. The molecule has 1 aliphatic rings. The monoisotopic (exact) mass is 446 g/mol. The smallest absolute Gasteiger partial charge is 0.268 e. The van der Waals surface area contributed by atoms with E-state index in [1.165, 1.54) is 11.0 Å². The summed E-state index contributed by atoms with van der Waals surface area (Å²) in [6.07, 6.45) is -0.689. The number of benzene rings is 3. The number of rotatable bonds is 4. The van der Waals surface area contributed by atoms with Crippen LogP contribution >= 0.6 is 0 Å². The largest absolute Gasteiger partial charge is 0.479 e. The van der Waals surface area contributed by atoms with Gasteiger partial charge in [0.05, 0.1) is 12.2 Å². The third kappa shape index (κ3) is 4.75. The molecule has 2 amide bonds. The van der Waals surface area contributed by atoms with E-state index in [1.54, 1.807) is 55.5 Å². The van der Waals surface area contributed by atoms with Gasteiger partial charge in [-0.2, -0.15) is 0 Å². The summed E-state index contributed by atoms with van der Waals surface area (Å²) in [4.78, 5) is 27.2. The van der Waals surface area contributed by atoms with Crippen molar-refractivity contribution in [3.05, 3.63) is 89.2 Å². The molecule has 170 valence electrons. The molecule has 4 rings (SSSR count). The number of fused-ring (bicyclic) bond motifs is 1. The maximum Gasteiger partial charge on any atom is 0.268 e. The number of carbonyl (C=O) groups excluding carboxylic acids is 2. The molecule has 0 aliphatic carbocycles. The van der Waals surface area contributed by atoms with Crippen LogP contribution in [0, 0.1) is 5.82 Å². The van der Waals surface area contributed by atoms with Crippen LogP contribution in [0.3, 0.4) is 0 Å². The van der Waals surface area contributed by atoms with E-state index in [0.717, 1.165) is 5.56 Å². The first kappa shape index (κ1) is 22.5. The second-order valence-corrected chi connectivity index (χ2v) is 9.24. The second kappa shape index (κ2) is 8.70. The maximum absolute atomic E-state index is 14.3. The maximum atomic E-state index is 14.3. The molecule has 0 saturated heterocycles. The van der Waals surface area contributed by atoms with Gasteiger partial charge in [-0.1, -0.05) is 51.1 Å². The van der Waals surface area contributed by atoms with E-state index in [0.29, 0.717) is 28.3 Å². The Morgan fingerprint density at radius 1 is 1.06 bits per heavy atom. The molecule has 1 atom stereocenters. The lowest BCUT2D eigenvalue weighted by atomic mass is 9.87. The third-order valence-electron chi connectivity index (χ3n) is 5.72. The highest BCUT2D eigenvalue weighted by atomic mass is 19.1. The van der Waals surface area contributed by atoms with Gasteiger partial charge in [-0.15, -0.1) is 0 Å². The summed E-state index contributed by atoms with van der Waals surface area (Å²) in [6.45, 7) is 8.08. The predicted octanol–water partition coefficient (Wildman–Crippen LogP) is 5.69. The van der Waals surface area contributed by atoms with Crippen LogP contribution in [0.1, 0.15) is 49.2 Å². The normalized spacial score (nSPS) is 15.6. The van der Waals surface area contributed by atoms with Crippen LogP contribution in [0.4, 0.5) is 15.8 Å². The average Bonchev–Trinajstić information content (AvgIpc) is 2.78. The van der Waals surface area contributed by atoms with E-state index in [4.69, 9.17) is 4.74 Å². The number of nitrogens with one attached hydrogen (secondary N) is 1. The molecule has 1 unspecified atom stereocenters. The number of carbonyl (C=O) groups is 2. The number of nitrogens with zero attached hydrogens (tertiary/aromatic N) is 1. The highest BCUT2D eigenvalue weighted by molar-refractivity contribution is 6.05. The van der Waals surface area contributed by atoms with Crippen molar-refractivity contribution in [2.24, 2.45) is 0 Å². The lowest BCUT2D eigenvalue weighted by Gasteiger charge is -2.33. The Bertz CT molecular complexity index is 1200. The lowest BCUT2D eigenvalue weighted by Crippen LogP contribution is -2.44. The van der Waals surface area contributed by atoms with Crippen molar-refractivity contribution >= 4 is 23.2 Å². The van der Waals surface area contributed by atoms with Gasteiger partial charge in [0.1, 0.15) is 11.6 Å². The third-order valence-corrected chi connectivity index (χ3v) is 5.72. The van der Waals surface area contributed by atoms with E-state index in [1.807, 2.05) is 12.1 Å². The molecule has 1 aliphatic heterocycles. The van der Waals surface area contributed by atoms with Crippen LogP contribution in [-0.2, 0) is 16.8 Å².